The molecule has 1 saturated carbocycles. The molecule has 2 aromatic rings. The molecule has 0 spiro atoms. The summed E-state index contributed by atoms with van der Waals surface area (Å²) >= 11 is 0. The molecule has 0 bridgehead atoms. The van der Waals surface area contributed by atoms with Gasteiger partial charge in [-0.15, -0.1) is 0 Å². The van der Waals surface area contributed by atoms with E-state index in [-0.39, 0.29) is 11.2 Å². The Morgan fingerprint density at radius 1 is 1.00 bits per heavy atom. The van der Waals surface area contributed by atoms with E-state index in [1.165, 1.54) is 12.1 Å². The van der Waals surface area contributed by atoms with Crippen molar-refractivity contribution in [3.05, 3.63) is 64.0 Å². The Balaban J connectivity index is 1.87. The van der Waals surface area contributed by atoms with Crippen LogP contribution in [0.2, 0.25) is 0 Å². The lowest BCUT2D eigenvalue weighted by Gasteiger charge is -2.20. The zero-order valence-corrected chi connectivity index (χ0v) is 15.9. The van der Waals surface area contributed by atoms with Crippen molar-refractivity contribution in [2.24, 2.45) is 0 Å². The summed E-state index contributed by atoms with van der Waals surface area (Å²) < 4.78 is 41.9. The largest absolute Gasteiger partial charge is 0.241 e. The SMILES string of the molecule is Cc1cc(C)c(C)c(S(=O)(=O)NCC2(c3ccc(F)cc3)CC2)c1C. The fourth-order valence-electron chi connectivity index (χ4n) is 3.41. The van der Waals surface area contributed by atoms with E-state index in [9.17, 15) is 12.8 Å². The number of nitrogens with one attached hydrogen (secondary N) is 1. The quantitative estimate of drug-likeness (QED) is 0.873. The van der Waals surface area contributed by atoms with Crippen LogP contribution >= 0.6 is 0 Å². The van der Waals surface area contributed by atoms with E-state index < -0.39 is 10.0 Å². The first kappa shape index (κ1) is 18.1. The number of hydrogen-bond acceptors (Lipinski definition) is 2. The molecule has 25 heavy (non-hydrogen) atoms. The molecule has 0 aliphatic heterocycles. The van der Waals surface area contributed by atoms with Crippen LogP contribution in [0.3, 0.4) is 0 Å². The summed E-state index contributed by atoms with van der Waals surface area (Å²) in [5.74, 6) is -0.276. The van der Waals surface area contributed by atoms with Crippen LogP contribution < -0.4 is 4.72 Å². The van der Waals surface area contributed by atoms with Crippen LogP contribution in [-0.2, 0) is 15.4 Å². The Labute approximate surface area is 149 Å². The fraction of sp³-hybridized carbons (Fsp3) is 0.400. The third-order valence-electron chi connectivity index (χ3n) is 5.48. The highest BCUT2D eigenvalue weighted by molar-refractivity contribution is 7.89. The number of hydrogen-bond donors (Lipinski definition) is 1. The lowest BCUT2D eigenvalue weighted by atomic mass is 9.96. The van der Waals surface area contributed by atoms with Gasteiger partial charge in [0.15, 0.2) is 0 Å². The summed E-state index contributed by atoms with van der Waals surface area (Å²) in [5, 5.41) is 0. The molecule has 1 aliphatic rings. The van der Waals surface area contributed by atoms with E-state index in [1.54, 1.807) is 12.1 Å². The second-order valence-corrected chi connectivity index (χ2v) is 8.91. The molecule has 0 unspecified atom stereocenters. The molecule has 134 valence electrons. The molecule has 1 aliphatic carbocycles. The van der Waals surface area contributed by atoms with E-state index >= 15 is 0 Å². The molecule has 3 nitrogen and oxygen atoms in total. The van der Waals surface area contributed by atoms with Crippen LogP contribution in [0, 0.1) is 33.5 Å². The predicted octanol–water partition coefficient (Wildman–Crippen LogP) is 4.07. The molecule has 3 rings (SSSR count). The summed E-state index contributed by atoms with van der Waals surface area (Å²) in [6.45, 7) is 7.91. The first-order valence-electron chi connectivity index (χ1n) is 8.49. The summed E-state index contributed by atoms with van der Waals surface area (Å²) in [6, 6.07) is 8.39. The number of rotatable bonds is 5. The lowest BCUT2D eigenvalue weighted by Crippen LogP contribution is -2.33. The van der Waals surface area contributed by atoms with E-state index in [0.29, 0.717) is 11.4 Å². The average molecular weight is 361 g/mol. The number of aryl methyl sites for hydroxylation is 2. The van der Waals surface area contributed by atoms with Gasteiger partial charge in [-0.1, -0.05) is 18.2 Å². The summed E-state index contributed by atoms with van der Waals surface area (Å²) in [6.07, 6.45) is 1.82. The van der Waals surface area contributed by atoms with Gasteiger partial charge in [-0.05, 0) is 80.5 Å². The zero-order valence-electron chi connectivity index (χ0n) is 15.1. The molecule has 0 amide bonds. The number of sulfonamides is 1. The van der Waals surface area contributed by atoms with Gasteiger partial charge in [0, 0.05) is 12.0 Å². The smallest absolute Gasteiger partial charge is 0.210 e. The van der Waals surface area contributed by atoms with Gasteiger partial charge in [0.05, 0.1) is 4.90 Å². The Morgan fingerprint density at radius 3 is 2.00 bits per heavy atom. The lowest BCUT2D eigenvalue weighted by molar-refractivity contribution is 0.564. The molecule has 0 saturated heterocycles. The third-order valence-corrected chi connectivity index (χ3v) is 7.15. The Hall–Kier alpha value is -1.72. The monoisotopic (exact) mass is 361 g/mol. The van der Waals surface area contributed by atoms with Crippen molar-refractivity contribution in [2.45, 2.75) is 50.8 Å². The van der Waals surface area contributed by atoms with Crippen LogP contribution in [0.1, 0.15) is 40.7 Å². The summed E-state index contributed by atoms with van der Waals surface area (Å²) in [5.41, 5.74) is 4.32. The Bertz CT molecular complexity index is 887. The van der Waals surface area contributed by atoms with Crippen molar-refractivity contribution < 1.29 is 12.8 Å². The molecule has 1 fully saturated rings. The van der Waals surface area contributed by atoms with Crippen molar-refractivity contribution in [1.82, 2.24) is 4.72 Å². The number of benzene rings is 2. The van der Waals surface area contributed by atoms with Crippen molar-refractivity contribution >= 4 is 10.0 Å². The third kappa shape index (κ3) is 3.35. The second-order valence-electron chi connectivity index (χ2n) is 7.20. The topological polar surface area (TPSA) is 46.2 Å². The molecular formula is C20H24FNO2S. The van der Waals surface area contributed by atoms with Gasteiger partial charge in [0.25, 0.3) is 0 Å². The average Bonchev–Trinajstić information content (AvgIpc) is 3.33. The van der Waals surface area contributed by atoms with Crippen molar-refractivity contribution in [3.63, 3.8) is 0 Å². The zero-order chi connectivity index (χ0) is 18.4. The van der Waals surface area contributed by atoms with Crippen LogP contribution in [0.5, 0.6) is 0 Å². The fourth-order valence-corrected chi connectivity index (χ4v) is 5.15. The molecule has 0 aromatic heterocycles. The molecule has 0 heterocycles. The van der Waals surface area contributed by atoms with Gasteiger partial charge in [-0.25, -0.2) is 17.5 Å². The van der Waals surface area contributed by atoms with E-state index in [2.05, 4.69) is 4.72 Å². The second kappa shape index (κ2) is 6.22. The highest BCUT2D eigenvalue weighted by Gasteiger charge is 2.45. The van der Waals surface area contributed by atoms with E-state index in [1.807, 2.05) is 33.8 Å². The van der Waals surface area contributed by atoms with E-state index in [0.717, 1.165) is 40.7 Å². The molecule has 1 N–H and O–H groups in total. The normalized spacial score (nSPS) is 16.0. The molecule has 5 heteroatoms. The predicted molar refractivity (Wildman–Crippen MR) is 97.9 cm³/mol. The standard InChI is InChI=1S/C20H24FNO2S/c1-13-11-14(2)16(4)19(15(13)3)25(23,24)22-12-20(9-10-20)17-5-7-18(21)8-6-17/h5-8,11,22H,9-10,12H2,1-4H3. The van der Waals surface area contributed by atoms with Crippen LogP contribution in [0.15, 0.2) is 35.2 Å². The molecule has 0 atom stereocenters. The number of halogens is 1. The Kier molecular flexibility index (Phi) is 4.50. The maximum absolute atomic E-state index is 13.1. The van der Waals surface area contributed by atoms with Crippen molar-refractivity contribution in [2.75, 3.05) is 6.54 Å². The summed E-state index contributed by atoms with van der Waals surface area (Å²) in [4.78, 5) is 0.389. The van der Waals surface area contributed by atoms with Gasteiger partial charge in [-0.2, -0.15) is 0 Å². The van der Waals surface area contributed by atoms with Crippen LogP contribution in [-0.4, -0.2) is 15.0 Å². The van der Waals surface area contributed by atoms with E-state index in [4.69, 9.17) is 0 Å². The van der Waals surface area contributed by atoms with Crippen molar-refractivity contribution in [1.29, 1.82) is 0 Å². The van der Waals surface area contributed by atoms with Crippen LogP contribution in [0.25, 0.3) is 0 Å². The van der Waals surface area contributed by atoms with Gasteiger partial charge in [0.2, 0.25) is 10.0 Å². The summed E-state index contributed by atoms with van der Waals surface area (Å²) in [7, 11) is -3.60. The Morgan fingerprint density at radius 2 is 1.52 bits per heavy atom. The maximum atomic E-state index is 13.1. The molecule has 2 aromatic carbocycles. The first-order valence-corrected chi connectivity index (χ1v) is 9.98. The van der Waals surface area contributed by atoms with Crippen LogP contribution in [0.4, 0.5) is 4.39 Å². The van der Waals surface area contributed by atoms with Gasteiger partial charge in [-0.3, -0.25) is 0 Å². The first-order chi connectivity index (χ1) is 11.7. The minimum Gasteiger partial charge on any atom is -0.210 e. The molecular weight excluding hydrogens is 337 g/mol. The molecule has 0 radical (unpaired) electrons. The highest BCUT2D eigenvalue weighted by Crippen LogP contribution is 2.47. The van der Waals surface area contributed by atoms with Gasteiger partial charge < -0.3 is 0 Å². The minimum absolute atomic E-state index is 0.207. The van der Waals surface area contributed by atoms with Gasteiger partial charge in [0.1, 0.15) is 5.82 Å². The van der Waals surface area contributed by atoms with Gasteiger partial charge >= 0.3 is 0 Å². The maximum Gasteiger partial charge on any atom is 0.241 e. The van der Waals surface area contributed by atoms with Crippen molar-refractivity contribution in [3.8, 4) is 0 Å². The minimum atomic E-state index is -3.60. The highest BCUT2D eigenvalue weighted by atomic mass is 32.2.